The molecule has 1 N–H and O–H groups in total. The first-order valence-electron chi connectivity index (χ1n) is 9.25. The van der Waals surface area contributed by atoms with Crippen LogP contribution in [0.3, 0.4) is 0 Å². The maximum absolute atomic E-state index is 12.1. The van der Waals surface area contributed by atoms with Crippen LogP contribution in [0.2, 0.25) is 0 Å². The number of amides is 1. The molecule has 5 rings (SSSR count). The minimum absolute atomic E-state index is 0.186. The third-order valence-electron chi connectivity index (χ3n) is 6.10. The maximum Gasteiger partial charge on any atom is 0.331 e. The summed E-state index contributed by atoms with van der Waals surface area (Å²) in [5, 5.41) is 4.97. The Labute approximate surface area is 152 Å². The molecule has 0 radical (unpaired) electrons. The molecule has 0 atom stereocenters. The molecule has 0 aromatic carbocycles. The van der Waals surface area contributed by atoms with E-state index in [9.17, 15) is 9.59 Å². The highest BCUT2D eigenvalue weighted by atomic mass is 32.1. The molecule has 1 heterocycles. The molecule has 1 amide bonds. The molecule has 4 fully saturated rings. The Morgan fingerprint density at radius 3 is 2.48 bits per heavy atom. The molecule has 1 aromatic heterocycles. The predicted molar refractivity (Wildman–Crippen MR) is 97.9 cm³/mol. The van der Waals surface area contributed by atoms with Crippen LogP contribution in [0.4, 0.5) is 0 Å². The summed E-state index contributed by atoms with van der Waals surface area (Å²) < 4.78 is 5.04. The summed E-state index contributed by atoms with van der Waals surface area (Å²) >= 11 is 1.55. The largest absolute Gasteiger partial charge is 0.452 e. The highest BCUT2D eigenvalue weighted by Gasteiger charge is 2.50. The van der Waals surface area contributed by atoms with Crippen LogP contribution in [-0.4, -0.2) is 25.0 Å². The number of hydrogen-bond acceptors (Lipinski definition) is 4. The first-order chi connectivity index (χ1) is 12.1. The molecule has 0 spiro atoms. The SMILES string of the molecule is O=C(COC(=O)/C=C/c1cccs1)NCC12CC3CC(CC(C3)C1)C2. The van der Waals surface area contributed by atoms with Crippen LogP contribution < -0.4 is 5.32 Å². The molecule has 4 nitrogen and oxygen atoms in total. The number of ether oxygens (including phenoxy) is 1. The van der Waals surface area contributed by atoms with Crippen molar-refractivity contribution < 1.29 is 14.3 Å². The van der Waals surface area contributed by atoms with Gasteiger partial charge in [0.15, 0.2) is 6.61 Å². The highest BCUT2D eigenvalue weighted by molar-refractivity contribution is 7.10. The molecule has 4 bridgehead atoms. The van der Waals surface area contributed by atoms with Gasteiger partial charge < -0.3 is 10.1 Å². The Morgan fingerprint density at radius 1 is 1.20 bits per heavy atom. The van der Waals surface area contributed by atoms with E-state index in [2.05, 4.69) is 5.32 Å². The lowest BCUT2D eigenvalue weighted by Crippen LogP contribution is -2.51. The Morgan fingerprint density at radius 2 is 1.88 bits per heavy atom. The normalized spacial score (nSPS) is 32.9. The Bertz CT molecular complexity index is 629. The van der Waals surface area contributed by atoms with Crippen LogP contribution in [0.5, 0.6) is 0 Å². The summed E-state index contributed by atoms with van der Waals surface area (Å²) in [4.78, 5) is 24.7. The van der Waals surface area contributed by atoms with E-state index in [0.717, 1.165) is 29.2 Å². The van der Waals surface area contributed by atoms with Crippen molar-refractivity contribution in [3.63, 3.8) is 0 Å². The summed E-state index contributed by atoms with van der Waals surface area (Å²) in [6.07, 6.45) is 11.1. The van der Waals surface area contributed by atoms with Gasteiger partial charge in [-0.15, -0.1) is 11.3 Å². The molecule has 25 heavy (non-hydrogen) atoms. The molecular weight excluding hydrogens is 334 g/mol. The van der Waals surface area contributed by atoms with Crippen molar-refractivity contribution >= 4 is 29.3 Å². The van der Waals surface area contributed by atoms with E-state index in [0.29, 0.717) is 5.41 Å². The Balaban J connectivity index is 1.21. The number of rotatable bonds is 6. The van der Waals surface area contributed by atoms with E-state index in [-0.39, 0.29) is 12.5 Å². The van der Waals surface area contributed by atoms with Crippen LogP contribution in [-0.2, 0) is 14.3 Å². The van der Waals surface area contributed by atoms with Gasteiger partial charge in [-0.25, -0.2) is 4.79 Å². The lowest BCUT2D eigenvalue weighted by atomic mass is 9.49. The molecule has 0 saturated heterocycles. The predicted octanol–water partition coefficient (Wildman–Crippen LogP) is 3.64. The molecule has 0 aliphatic heterocycles. The average Bonchev–Trinajstić information content (AvgIpc) is 3.09. The molecule has 0 unspecified atom stereocenters. The smallest absolute Gasteiger partial charge is 0.331 e. The molecule has 1 aromatic rings. The fourth-order valence-corrected chi connectivity index (χ4v) is 6.18. The monoisotopic (exact) mass is 359 g/mol. The summed E-state index contributed by atoms with van der Waals surface area (Å²) in [5.74, 6) is 1.97. The summed E-state index contributed by atoms with van der Waals surface area (Å²) in [6.45, 7) is 0.553. The Kier molecular flexibility index (Phi) is 4.67. The van der Waals surface area contributed by atoms with Gasteiger partial charge in [-0.05, 0) is 79.2 Å². The van der Waals surface area contributed by atoms with E-state index >= 15 is 0 Å². The van der Waals surface area contributed by atoms with Crippen molar-refractivity contribution in [2.75, 3.05) is 13.2 Å². The van der Waals surface area contributed by atoms with Gasteiger partial charge in [0.1, 0.15) is 0 Å². The second kappa shape index (κ2) is 6.94. The van der Waals surface area contributed by atoms with E-state index in [1.165, 1.54) is 44.6 Å². The number of carbonyl (C=O) groups excluding carboxylic acids is 2. The van der Waals surface area contributed by atoms with Gasteiger partial charge in [-0.1, -0.05) is 6.07 Å². The summed E-state index contributed by atoms with van der Waals surface area (Å²) in [5.41, 5.74) is 0.313. The minimum atomic E-state index is -0.474. The molecule has 5 heteroatoms. The quantitative estimate of drug-likeness (QED) is 0.623. The van der Waals surface area contributed by atoms with Crippen LogP contribution in [0, 0.1) is 23.2 Å². The number of carbonyl (C=O) groups is 2. The fourth-order valence-electron chi connectivity index (χ4n) is 5.56. The van der Waals surface area contributed by atoms with Gasteiger partial charge in [-0.2, -0.15) is 0 Å². The van der Waals surface area contributed by atoms with Crippen molar-refractivity contribution in [1.29, 1.82) is 0 Å². The second-order valence-corrected chi connectivity index (χ2v) is 9.13. The van der Waals surface area contributed by atoms with Crippen molar-refractivity contribution in [3.05, 3.63) is 28.5 Å². The topological polar surface area (TPSA) is 55.4 Å². The van der Waals surface area contributed by atoms with Crippen molar-refractivity contribution in [2.24, 2.45) is 23.2 Å². The van der Waals surface area contributed by atoms with Crippen molar-refractivity contribution in [2.45, 2.75) is 38.5 Å². The molecule has 134 valence electrons. The van der Waals surface area contributed by atoms with Gasteiger partial charge in [0.05, 0.1) is 0 Å². The van der Waals surface area contributed by atoms with Gasteiger partial charge in [0.25, 0.3) is 5.91 Å². The van der Waals surface area contributed by atoms with Gasteiger partial charge >= 0.3 is 5.97 Å². The third-order valence-corrected chi connectivity index (χ3v) is 6.94. The van der Waals surface area contributed by atoms with E-state index in [4.69, 9.17) is 4.74 Å². The molecular formula is C20H25NO3S. The van der Waals surface area contributed by atoms with Crippen molar-refractivity contribution in [1.82, 2.24) is 5.32 Å². The van der Waals surface area contributed by atoms with Gasteiger partial charge in [-0.3, -0.25) is 4.79 Å². The van der Waals surface area contributed by atoms with Crippen LogP contribution >= 0.6 is 11.3 Å². The van der Waals surface area contributed by atoms with Crippen LogP contribution in [0.15, 0.2) is 23.6 Å². The summed E-state index contributed by atoms with van der Waals surface area (Å²) in [7, 11) is 0. The highest BCUT2D eigenvalue weighted by Crippen LogP contribution is 2.59. The average molecular weight is 359 g/mol. The molecule has 4 aliphatic rings. The second-order valence-electron chi connectivity index (χ2n) is 8.15. The lowest BCUT2D eigenvalue weighted by molar-refractivity contribution is -0.144. The Hall–Kier alpha value is -1.62. The van der Waals surface area contributed by atoms with Crippen molar-refractivity contribution in [3.8, 4) is 0 Å². The fraction of sp³-hybridized carbons (Fsp3) is 0.600. The van der Waals surface area contributed by atoms with E-state index < -0.39 is 5.97 Å². The first kappa shape index (κ1) is 16.8. The zero-order chi connectivity index (χ0) is 17.3. The zero-order valence-corrected chi connectivity index (χ0v) is 15.2. The maximum atomic E-state index is 12.1. The third kappa shape index (κ3) is 3.97. The standard InChI is InChI=1S/C20H25NO3S/c22-18(12-24-19(23)4-3-17-2-1-5-25-17)21-13-20-9-14-6-15(10-20)8-16(7-14)11-20/h1-5,14-16H,6-13H2,(H,21,22)/b4-3+. The van der Waals surface area contributed by atoms with Crippen LogP contribution in [0.25, 0.3) is 6.08 Å². The lowest BCUT2D eigenvalue weighted by Gasteiger charge is -2.56. The minimum Gasteiger partial charge on any atom is -0.452 e. The number of esters is 1. The van der Waals surface area contributed by atoms with Crippen LogP contribution in [0.1, 0.15) is 43.4 Å². The molecule has 4 saturated carbocycles. The molecule has 4 aliphatic carbocycles. The number of nitrogens with one attached hydrogen (secondary N) is 1. The summed E-state index contributed by atoms with van der Waals surface area (Å²) in [6, 6.07) is 3.85. The van der Waals surface area contributed by atoms with Gasteiger partial charge in [0, 0.05) is 17.5 Å². The van der Waals surface area contributed by atoms with Gasteiger partial charge in [0.2, 0.25) is 0 Å². The number of hydrogen-bond donors (Lipinski definition) is 1. The number of thiophene rings is 1. The van der Waals surface area contributed by atoms with E-state index in [1.807, 2.05) is 17.5 Å². The zero-order valence-electron chi connectivity index (χ0n) is 14.4. The van der Waals surface area contributed by atoms with E-state index in [1.54, 1.807) is 17.4 Å². The first-order valence-corrected chi connectivity index (χ1v) is 10.1.